The number of nitrogens with one attached hydrogen (secondary N) is 2. The number of aromatic nitrogens is 4. The Balaban J connectivity index is 1.50. The summed E-state index contributed by atoms with van der Waals surface area (Å²) in [6.07, 6.45) is 4.93. The van der Waals surface area contributed by atoms with E-state index in [1.165, 1.54) is 0 Å². The van der Waals surface area contributed by atoms with Crippen molar-refractivity contribution in [1.29, 1.82) is 5.26 Å². The van der Waals surface area contributed by atoms with Gasteiger partial charge in [-0.1, -0.05) is 5.21 Å². The summed E-state index contributed by atoms with van der Waals surface area (Å²) in [6, 6.07) is 12.5. The first kappa shape index (κ1) is 16.1. The molecule has 8 heteroatoms. The van der Waals surface area contributed by atoms with Gasteiger partial charge in [-0.05, 0) is 36.4 Å². The molecule has 0 bridgehead atoms. The second-order valence-corrected chi connectivity index (χ2v) is 5.09. The van der Waals surface area contributed by atoms with Gasteiger partial charge >= 0.3 is 0 Å². The molecule has 1 amide bonds. The zero-order valence-electron chi connectivity index (χ0n) is 13.3. The molecule has 0 aliphatic carbocycles. The Morgan fingerprint density at radius 3 is 2.72 bits per heavy atom. The second kappa shape index (κ2) is 7.70. The van der Waals surface area contributed by atoms with Gasteiger partial charge in [0.15, 0.2) is 0 Å². The number of pyridine rings is 1. The van der Waals surface area contributed by atoms with Gasteiger partial charge in [0.1, 0.15) is 11.9 Å². The molecule has 0 unspecified atom stereocenters. The summed E-state index contributed by atoms with van der Waals surface area (Å²) in [5.41, 5.74) is 1.85. The van der Waals surface area contributed by atoms with E-state index in [0.29, 0.717) is 30.0 Å². The predicted octanol–water partition coefficient (Wildman–Crippen LogP) is 1.38. The second-order valence-electron chi connectivity index (χ2n) is 5.09. The Kier molecular flexibility index (Phi) is 4.97. The minimum Gasteiger partial charge on any atom is -0.367 e. The average molecular weight is 333 g/mol. The highest BCUT2D eigenvalue weighted by atomic mass is 16.1. The van der Waals surface area contributed by atoms with Crippen LogP contribution in [0.25, 0.3) is 5.69 Å². The molecule has 2 N–H and O–H groups in total. The van der Waals surface area contributed by atoms with Gasteiger partial charge < -0.3 is 10.6 Å². The number of nitrogens with zero attached hydrogens (tertiary/aromatic N) is 5. The quantitative estimate of drug-likeness (QED) is 0.660. The number of carbonyl (C=O) groups is 1. The van der Waals surface area contributed by atoms with Gasteiger partial charge in [-0.3, -0.25) is 4.79 Å². The Bertz CT molecular complexity index is 882. The summed E-state index contributed by atoms with van der Waals surface area (Å²) < 4.78 is 1.62. The number of amides is 1. The van der Waals surface area contributed by atoms with Crippen molar-refractivity contribution in [3.8, 4) is 11.8 Å². The molecule has 0 radical (unpaired) electrons. The van der Waals surface area contributed by atoms with Gasteiger partial charge in [-0.2, -0.15) is 5.26 Å². The molecule has 2 heterocycles. The lowest BCUT2D eigenvalue weighted by Gasteiger charge is -2.08. The van der Waals surface area contributed by atoms with Gasteiger partial charge in [0, 0.05) is 24.8 Å². The summed E-state index contributed by atoms with van der Waals surface area (Å²) in [6.45, 7) is 0.875. The van der Waals surface area contributed by atoms with Gasteiger partial charge in [-0.15, -0.1) is 5.10 Å². The fourth-order valence-corrected chi connectivity index (χ4v) is 2.21. The third-order valence-corrected chi connectivity index (χ3v) is 3.45. The van der Waals surface area contributed by atoms with Crippen molar-refractivity contribution in [3.05, 3.63) is 66.1 Å². The predicted molar refractivity (Wildman–Crippen MR) is 91.1 cm³/mol. The molecule has 2 aromatic heterocycles. The number of anilines is 1. The molecule has 0 aliphatic heterocycles. The minimum absolute atomic E-state index is 0.173. The van der Waals surface area contributed by atoms with E-state index in [-0.39, 0.29) is 5.91 Å². The normalized spacial score (nSPS) is 10.0. The summed E-state index contributed by atoms with van der Waals surface area (Å²) in [4.78, 5) is 16.2. The summed E-state index contributed by atoms with van der Waals surface area (Å²) in [5, 5.41) is 22.5. The van der Waals surface area contributed by atoms with Crippen LogP contribution in [0.5, 0.6) is 0 Å². The molecule has 8 nitrogen and oxygen atoms in total. The Labute approximate surface area is 144 Å². The molecule has 3 rings (SSSR count). The van der Waals surface area contributed by atoms with Gasteiger partial charge in [0.2, 0.25) is 0 Å². The maximum atomic E-state index is 12.1. The van der Waals surface area contributed by atoms with Crippen LogP contribution in [-0.2, 0) is 0 Å². The van der Waals surface area contributed by atoms with E-state index >= 15 is 0 Å². The number of nitriles is 1. The lowest BCUT2D eigenvalue weighted by atomic mass is 10.2. The molecule has 124 valence electrons. The molecule has 0 spiro atoms. The number of hydrogen-bond acceptors (Lipinski definition) is 6. The van der Waals surface area contributed by atoms with Crippen molar-refractivity contribution >= 4 is 11.7 Å². The highest BCUT2D eigenvalue weighted by molar-refractivity contribution is 5.94. The molecular weight excluding hydrogens is 318 g/mol. The first-order chi connectivity index (χ1) is 12.3. The van der Waals surface area contributed by atoms with Gasteiger partial charge in [0.05, 0.1) is 23.6 Å². The monoisotopic (exact) mass is 333 g/mol. The Morgan fingerprint density at radius 1 is 1.16 bits per heavy atom. The zero-order valence-corrected chi connectivity index (χ0v) is 13.3. The summed E-state index contributed by atoms with van der Waals surface area (Å²) in [7, 11) is 0. The van der Waals surface area contributed by atoms with Crippen LogP contribution in [-0.4, -0.2) is 39.0 Å². The van der Waals surface area contributed by atoms with E-state index < -0.39 is 0 Å². The third kappa shape index (κ3) is 3.97. The highest BCUT2D eigenvalue weighted by Crippen LogP contribution is 2.09. The molecular formula is C17H15N7O. The lowest BCUT2D eigenvalue weighted by molar-refractivity contribution is 0.0955. The van der Waals surface area contributed by atoms with Crippen LogP contribution in [0, 0.1) is 11.3 Å². The first-order valence-corrected chi connectivity index (χ1v) is 7.62. The third-order valence-electron chi connectivity index (χ3n) is 3.45. The van der Waals surface area contributed by atoms with Crippen LogP contribution in [0.1, 0.15) is 15.9 Å². The topological polar surface area (TPSA) is 109 Å². The standard InChI is InChI=1S/C17H15N7O/c18-12-14-2-1-7-19-16(14)20-8-9-21-17(25)13-3-5-15(6-4-13)24-11-10-22-23-24/h1-7,10-11H,8-9H2,(H,19,20)(H,21,25). The Hall–Kier alpha value is -3.73. The SMILES string of the molecule is N#Cc1cccnc1NCCNC(=O)c1ccc(-n2ccnn2)cc1. The van der Waals surface area contributed by atoms with E-state index in [1.54, 1.807) is 59.7 Å². The zero-order chi connectivity index (χ0) is 17.5. The molecule has 0 aliphatic rings. The molecule has 0 fully saturated rings. The van der Waals surface area contributed by atoms with E-state index in [0.717, 1.165) is 5.69 Å². The van der Waals surface area contributed by atoms with Crippen LogP contribution in [0.15, 0.2) is 55.0 Å². The molecule has 0 saturated carbocycles. The number of benzene rings is 1. The summed E-state index contributed by atoms with van der Waals surface area (Å²) >= 11 is 0. The average Bonchev–Trinajstić information content (AvgIpc) is 3.20. The molecule has 0 saturated heterocycles. The molecule has 25 heavy (non-hydrogen) atoms. The van der Waals surface area contributed by atoms with Crippen LogP contribution < -0.4 is 10.6 Å². The minimum atomic E-state index is -0.173. The number of rotatable bonds is 6. The van der Waals surface area contributed by atoms with E-state index in [1.807, 2.05) is 0 Å². The van der Waals surface area contributed by atoms with Crippen molar-refractivity contribution < 1.29 is 4.79 Å². The van der Waals surface area contributed by atoms with E-state index in [2.05, 4.69) is 32.0 Å². The first-order valence-electron chi connectivity index (χ1n) is 7.62. The van der Waals surface area contributed by atoms with Crippen molar-refractivity contribution in [3.63, 3.8) is 0 Å². The maximum absolute atomic E-state index is 12.1. The van der Waals surface area contributed by atoms with Crippen molar-refractivity contribution in [2.45, 2.75) is 0 Å². The van der Waals surface area contributed by atoms with Crippen molar-refractivity contribution in [2.24, 2.45) is 0 Å². The van der Waals surface area contributed by atoms with Crippen molar-refractivity contribution in [2.75, 3.05) is 18.4 Å². The van der Waals surface area contributed by atoms with Gasteiger partial charge in [-0.25, -0.2) is 9.67 Å². The highest BCUT2D eigenvalue weighted by Gasteiger charge is 2.06. The van der Waals surface area contributed by atoms with Crippen LogP contribution in [0.4, 0.5) is 5.82 Å². The van der Waals surface area contributed by atoms with Crippen molar-refractivity contribution in [1.82, 2.24) is 25.3 Å². The van der Waals surface area contributed by atoms with E-state index in [9.17, 15) is 4.79 Å². The summed E-state index contributed by atoms with van der Waals surface area (Å²) in [5.74, 6) is 0.338. The molecule has 0 atom stereocenters. The number of carbonyl (C=O) groups excluding carboxylic acids is 1. The maximum Gasteiger partial charge on any atom is 0.251 e. The largest absolute Gasteiger partial charge is 0.367 e. The number of hydrogen-bond donors (Lipinski definition) is 2. The molecule has 1 aromatic carbocycles. The Morgan fingerprint density at radius 2 is 2.00 bits per heavy atom. The fourth-order valence-electron chi connectivity index (χ4n) is 2.21. The van der Waals surface area contributed by atoms with Crippen LogP contribution in [0.2, 0.25) is 0 Å². The van der Waals surface area contributed by atoms with E-state index in [4.69, 9.17) is 5.26 Å². The van der Waals surface area contributed by atoms with Crippen LogP contribution in [0.3, 0.4) is 0 Å². The smallest absolute Gasteiger partial charge is 0.251 e. The van der Waals surface area contributed by atoms with Gasteiger partial charge in [0.25, 0.3) is 5.91 Å². The van der Waals surface area contributed by atoms with Crippen LogP contribution >= 0.6 is 0 Å². The fraction of sp³-hybridized carbons (Fsp3) is 0.118. The molecule has 3 aromatic rings. The lowest BCUT2D eigenvalue weighted by Crippen LogP contribution is -2.29.